The summed E-state index contributed by atoms with van der Waals surface area (Å²) in [5.74, 6) is 0.552. The molecule has 3 nitrogen and oxygen atoms in total. The van der Waals surface area contributed by atoms with Crippen LogP contribution in [-0.4, -0.2) is 12.4 Å². The molecule has 2 aromatic rings. The molecule has 0 saturated heterocycles. The van der Waals surface area contributed by atoms with E-state index in [2.05, 4.69) is 0 Å². The molecule has 0 aliphatic carbocycles. The normalized spacial score (nSPS) is 10.3. The number of carbonyl (C=O) groups is 1. The van der Waals surface area contributed by atoms with Gasteiger partial charge >= 0.3 is 0 Å². The van der Waals surface area contributed by atoms with Crippen molar-refractivity contribution < 1.29 is 9.53 Å². The van der Waals surface area contributed by atoms with E-state index in [-0.39, 0.29) is 5.78 Å². The number of ether oxygens (including phenoxy) is 1. The molecular formula is C17H19NO2. The molecule has 0 radical (unpaired) electrons. The maximum absolute atomic E-state index is 12.7. The van der Waals surface area contributed by atoms with Crippen LogP contribution in [0.3, 0.4) is 0 Å². The maximum Gasteiger partial charge on any atom is 0.196 e. The number of aryl methyl sites for hydroxylation is 2. The molecular weight excluding hydrogens is 250 g/mol. The summed E-state index contributed by atoms with van der Waals surface area (Å²) < 4.78 is 5.54. The van der Waals surface area contributed by atoms with E-state index in [0.717, 1.165) is 11.1 Å². The fourth-order valence-electron chi connectivity index (χ4n) is 2.20. The first-order valence-electron chi connectivity index (χ1n) is 6.66. The van der Waals surface area contributed by atoms with Crippen LogP contribution in [0.1, 0.15) is 34.0 Å². The topological polar surface area (TPSA) is 52.3 Å². The van der Waals surface area contributed by atoms with Crippen LogP contribution >= 0.6 is 0 Å². The summed E-state index contributed by atoms with van der Waals surface area (Å²) in [6.07, 6.45) is 0. The first kappa shape index (κ1) is 14.1. The van der Waals surface area contributed by atoms with Crippen molar-refractivity contribution in [2.45, 2.75) is 20.8 Å². The Morgan fingerprint density at radius 3 is 2.50 bits per heavy atom. The lowest BCUT2D eigenvalue weighted by molar-refractivity contribution is 0.103. The smallest absolute Gasteiger partial charge is 0.196 e. The Hall–Kier alpha value is -2.29. The lowest BCUT2D eigenvalue weighted by Crippen LogP contribution is -2.07. The number of hydrogen-bond donors (Lipinski definition) is 1. The predicted octanol–water partition coefficient (Wildman–Crippen LogP) is 3.52. The SMILES string of the molecule is CCOc1ccc(C)cc1C(=O)c1cc(C)cc(N)c1. The van der Waals surface area contributed by atoms with Crippen molar-refractivity contribution in [1.29, 1.82) is 0 Å². The number of ketones is 1. The van der Waals surface area contributed by atoms with Crippen molar-refractivity contribution in [2.24, 2.45) is 0 Å². The first-order chi connectivity index (χ1) is 9.51. The van der Waals surface area contributed by atoms with Crippen LogP contribution in [0, 0.1) is 13.8 Å². The van der Waals surface area contributed by atoms with Crippen molar-refractivity contribution in [1.82, 2.24) is 0 Å². The van der Waals surface area contributed by atoms with Gasteiger partial charge < -0.3 is 10.5 Å². The third-order valence-corrected chi connectivity index (χ3v) is 3.04. The van der Waals surface area contributed by atoms with E-state index < -0.39 is 0 Å². The fraction of sp³-hybridized carbons (Fsp3) is 0.235. The van der Waals surface area contributed by atoms with E-state index in [4.69, 9.17) is 10.5 Å². The Balaban J connectivity index is 2.49. The average Bonchev–Trinajstić information content (AvgIpc) is 2.39. The van der Waals surface area contributed by atoms with E-state index >= 15 is 0 Å². The van der Waals surface area contributed by atoms with Crippen LogP contribution in [0.2, 0.25) is 0 Å². The van der Waals surface area contributed by atoms with E-state index in [1.54, 1.807) is 6.07 Å². The summed E-state index contributed by atoms with van der Waals surface area (Å²) in [6.45, 7) is 6.31. The molecule has 0 heterocycles. The molecule has 0 saturated carbocycles. The van der Waals surface area contributed by atoms with Gasteiger partial charge in [-0.2, -0.15) is 0 Å². The molecule has 0 unspecified atom stereocenters. The predicted molar refractivity (Wildman–Crippen MR) is 81.4 cm³/mol. The molecule has 2 N–H and O–H groups in total. The highest BCUT2D eigenvalue weighted by Gasteiger charge is 2.15. The molecule has 2 rings (SSSR count). The Morgan fingerprint density at radius 1 is 1.10 bits per heavy atom. The number of carbonyl (C=O) groups excluding carboxylic acids is 1. The van der Waals surface area contributed by atoms with Crippen LogP contribution in [-0.2, 0) is 0 Å². The maximum atomic E-state index is 12.7. The van der Waals surface area contributed by atoms with E-state index in [9.17, 15) is 4.79 Å². The Bertz CT molecular complexity index is 627. The second-order valence-electron chi connectivity index (χ2n) is 4.89. The van der Waals surface area contributed by atoms with E-state index in [0.29, 0.717) is 29.2 Å². The monoisotopic (exact) mass is 269 g/mol. The summed E-state index contributed by atoms with van der Waals surface area (Å²) in [5.41, 5.74) is 9.58. The van der Waals surface area contributed by atoms with Gasteiger partial charge in [0.05, 0.1) is 12.2 Å². The van der Waals surface area contributed by atoms with Gasteiger partial charge in [-0.1, -0.05) is 11.6 Å². The fourth-order valence-corrected chi connectivity index (χ4v) is 2.20. The molecule has 0 bridgehead atoms. The van der Waals surface area contributed by atoms with Gasteiger partial charge in [-0.25, -0.2) is 0 Å². The summed E-state index contributed by atoms with van der Waals surface area (Å²) in [7, 11) is 0. The zero-order valence-electron chi connectivity index (χ0n) is 12.1. The van der Waals surface area contributed by atoms with Crippen molar-refractivity contribution in [2.75, 3.05) is 12.3 Å². The number of rotatable bonds is 4. The number of benzene rings is 2. The molecule has 0 fully saturated rings. The minimum Gasteiger partial charge on any atom is -0.493 e. The molecule has 20 heavy (non-hydrogen) atoms. The highest BCUT2D eigenvalue weighted by molar-refractivity contribution is 6.11. The van der Waals surface area contributed by atoms with E-state index in [1.165, 1.54) is 0 Å². The second-order valence-corrected chi connectivity index (χ2v) is 4.89. The highest BCUT2D eigenvalue weighted by Crippen LogP contribution is 2.24. The van der Waals surface area contributed by atoms with Gasteiger partial charge in [-0.3, -0.25) is 4.79 Å². The average molecular weight is 269 g/mol. The van der Waals surface area contributed by atoms with Crippen LogP contribution in [0.5, 0.6) is 5.75 Å². The summed E-state index contributed by atoms with van der Waals surface area (Å²) in [4.78, 5) is 12.7. The molecule has 0 spiro atoms. The Labute approximate surface area is 119 Å². The van der Waals surface area contributed by atoms with Crippen molar-refractivity contribution in [3.8, 4) is 5.75 Å². The summed E-state index contributed by atoms with van der Waals surface area (Å²) in [6, 6.07) is 11.0. The lowest BCUT2D eigenvalue weighted by atomic mass is 9.99. The quantitative estimate of drug-likeness (QED) is 0.682. The van der Waals surface area contributed by atoms with Crippen LogP contribution in [0.4, 0.5) is 5.69 Å². The number of anilines is 1. The summed E-state index contributed by atoms with van der Waals surface area (Å²) >= 11 is 0. The standard InChI is InChI=1S/C17H19NO2/c1-4-20-16-6-5-11(2)9-15(16)17(19)13-7-12(3)8-14(18)10-13/h5-10H,4,18H2,1-3H3. The van der Waals surface area contributed by atoms with Gasteiger partial charge in [-0.05, 0) is 56.7 Å². The van der Waals surface area contributed by atoms with Gasteiger partial charge in [0.1, 0.15) is 5.75 Å². The molecule has 3 heteroatoms. The molecule has 0 aliphatic heterocycles. The van der Waals surface area contributed by atoms with E-state index in [1.807, 2.05) is 51.1 Å². The molecule has 0 aromatic heterocycles. The lowest BCUT2D eigenvalue weighted by Gasteiger charge is -2.11. The van der Waals surface area contributed by atoms with Crippen LogP contribution in [0.15, 0.2) is 36.4 Å². The van der Waals surface area contributed by atoms with Gasteiger partial charge in [0.15, 0.2) is 5.78 Å². The molecule has 0 atom stereocenters. The zero-order valence-corrected chi connectivity index (χ0v) is 12.1. The van der Waals surface area contributed by atoms with Crippen molar-refractivity contribution in [3.05, 3.63) is 58.7 Å². The Kier molecular flexibility index (Phi) is 4.08. The minimum absolute atomic E-state index is 0.0625. The van der Waals surface area contributed by atoms with Crippen molar-refractivity contribution >= 4 is 11.5 Å². The largest absolute Gasteiger partial charge is 0.493 e. The van der Waals surface area contributed by atoms with Crippen molar-refractivity contribution in [3.63, 3.8) is 0 Å². The van der Waals surface area contributed by atoms with Gasteiger partial charge in [0.2, 0.25) is 0 Å². The molecule has 2 aromatic carbocycles. The van der Waals surface area contributed by atoms with Gasteiger partial charge in [-0.15, -0.1) is 0 Å². The van der Waals surface area contributed by atoms with Gasteiger partial charge in [0, 0.05) is 11.3 Å². The molecule has 0 amide bonds. The second kappa shape index (κ2) is 5.78. The minimum atomic E-state index is -0.0625. The highest BCUT2D eigenvalue weighted by atomic mass is 16.5. The van der Waals surface area contributed by atoms with Crippen LogP contribution < -0.4 is 10.5 Å². The zero-order chi connectivity index (χ0) is 14.7. The first-order valence-corrected chi connectivity index (χ1v) is 6.66. The van der Waals surface area contributed by atoms with Gasteiger partial charge in [0.25, 0.3) is 0 Å². The number of hydrogen-bond acceptors (Lipinski definition) is 3. The number of nitrogens with two attached hydrogens (primary N) is 1. The third-order valence-electron chi connectivity index (χ3n) is 3.04. The summed E-state index contributed by atoms with van der Waals surface area (Å²) in [5, 5.41) is 0. The Morgan fingerprint density at radius 2 is 1.85 bits per heavy atom. The van der Waals surface area contributed by atoms with Crippen LogP contribution in [0.25, 0.3) is 0 Å². The number of nitrogen functional groups attached to an aromatic ring is 1. The third kappa shape index (κ3) is 2.99. The molecule has 104 valence electrons. The molecule has 0 aliphatic rings.